The van der Waals surface area contributed by atoms with Crippen LogP contribution in [-0.4, -0.2) is 46.9 Å². The lowest BCUT2D eigenvalue weighted by Crippen LogP contribution is -2.46. The van der Waals surface area contributed by atoms with E-state index in [0.29, 0.717) is 19.3 Å². The van der Waals surface area contributed by atoms with Crippen molar-refractivity contribution in [3.8, 4) is 0 Å². The summed E-state index contributed by atoms with van der Waals surface area (Å²) in [5, 5.41) is 23.8. The maximum atomic E-state index is 13.2. The van der Waals surface area contributed by atoms with Crippen LogP contribution >= 0.6 is 0 Å². The van der Waals surface area contributed by atoms with Crippen LogP contribution in [0.2, 0.25) is 0 Å². The van der Waals surface area contributed by atoms with Crippen molar-refractivity contribution in [2.75, 3.05) is 6.61 Å². The number of allylic oxidation sites excluding steroid dienone is 10. The molecule has 0 aromatic heterocycles. The summed E-state index contributed by atoms with van der Waals surface area (Å²) in [5.41, 5.74) is 0. The van der Waals surface area contributed by atoms with E-state index in [4.69, 9.17) is 4.74 Å². The number of nitrogens with one attached hydrogen (secondary N) is 1. The van der Waals surface area contributed by atoms with E-state index >= 15 is 0 Å². The summed E-state index contributed by atoms with van der Waals surface area (Å²) in [7, 11) is 0. The predicted molar refractivity (Wildman–Crippen MR) is 278 cm³/mol. The molecule has 3 atom stereocenters. The van der Waals surface area contributed by atoms with Gasteiger partial charge in [0.25, 0.3) is 0 Å². The Morgan fingerprint density at radius 2 is 0.797 bits per heavy atom. The summed E-state index contributed by atoms with van der Waals surface area (Å²) in [5.74, 6) is -0.502. The van der Waals surface area contributed by atoms with Crippen molar-refractivity contribution >= 4 is 11.9 Å². The minimum atomic E-state index is -0.795. The van der Waals surface area contributed by atoms with Crippen LogP contribution in [0, 0.1) is 0 Å². The Hall–Kier alpha value is -2.44. The second-order valence-corrected chi connectivity index (χ2v) is 18.6. The molecule has 372 valence electrons. The Balaban J connectivity index is 4.63. The van der Waals surface area contributed by atoms with Gasteiger partial charge in [-0.05, 0) is 96.3 Å². The molecule has 0 aliphatic carbocycles. The zero-order valence-electron chi connectivity index (χ0n) is 42.4. The third-order valence-electron chi connectivity index (χ3n) is 12.3. The summed E-state index contributed by atoms with van der Waals surface area (Å²) in [4.78, 5) is 26.2. The Bertz CT molecular complexity index is 1140. The fourth-order valence-electron chi connectivity index (χ4n) is 8.11. The molecule has 0 heterocycles. The highest BCUT2D eigenvalue weighted by Crippen LogP contribution is 2.18. The molecule has 0 spiro atoms. The molecule has 0 aliphatic heterocycles. The molecule has 0 aromatic rings. The van der Waals surface area contributed by atoms with Gasteiger partial charge in [-0.1, -0.05) is 223 Å². The van der Waals surface area contributed by atoms with Crippen molar-refractivity contribution in [1.82, 2.24) is 5.32 Å². The average Bonchev–Trinajstić information content (AvgIpc) is 3.29. The quantitative estimate of drug-likeness (QED) is 0.0321. The van der Waals surface area contributed by atoms with Crippen molar-refractivity contribution in [3.63, 3.8) is 0 Å². The number of unbranched alkanes of at least 4 members (excludes halogenated alkanes) is 27. The number of hydrogen-bond donors (Lipinski definition) is 3. The number of esters is 1. The van der Waals surface area contributed by atoms with Crippen molar-refractivity contribution in [2.24, 2.45) is 0 Å². The van der Waals surface area contributed by atoms with Gasteiger partial charge in [0.15, 0.2) is 0 Å². The van der Waals surface area contributed by atoms with Crippen LogP contribution in [0.15, 0.2) is 60.8 Å². The van der Waals surface area contributed by atoms with E-state index in [9.17, 15) is 19.8 Å². The number of amides is 1. The molecule has 0 aromatic carbocycles. The Morgan fingerprint density at radius 3 is 1.23 bits per heavy atom. The van der Waals surface area contributed by atoms with Gasteiger partial charge in [0.2, 0.25) is 5.91 Å². The van der Waals surface area contributed by atoms with E-state index in [1.54, 1.807) is 0 Å². The molecule has 0 saturated heterocycles. The highest BCUT2D eigenvalue weighted by Gasteiger charge is 2.24. The zero-order valence-corrected chi connectivity index (χ0v) is 42.4. The lowest BCUT2D eigenvalue weighted by Gasteiger charge is -2.24. The number of aliphatic hydroxyl groups excluding tert-OH is 2. The number of carbonyl (C=O) groups excluding carboxylic acids is 2. The van der Waals surface area contributed by atoms with Gasteiger partial charge in [0.05, 0.1) is 25.2 Å². The second-order valence-electron chi connectivity index (χ2n) is 18.6. The average molecular weight is 896 g/mol. The molecule has 0 aliphatic rings. The highest BCUT2D eigenvalue weighted by molar-refractivity contribution is 5.77. The largest absolute Gasteiger partial charge is 0.462 e. The Kier molecular flexibility index (Phi) is 49.6. The third kappa shape index (κ3) is 46.1. The standard InChI is InChI=1S/C58H105NO5/c1-4-7-10-13-16-19-22-24-26-28-30-32-35-37-40-43-46-49-54(52-57(62)59-55(53-60)56(61)50-47-44-41-38-34-21-18-15-12-9-6-3)64-58(63)51-48-45-42-39-36-33-31-29-27-25-23-20-17-14-11-8-5-2/h16-17,19-20,24-27,31,33,54-56,60-61H,4-15,18,21-23,28-30,32,34-53H2,1-3H3,(H,59,62)/b19-16-,20-17-,26-24-,27-25-,33-31-. The summed E-state index contributed by atoms with van der Waals surface area (Å²) in [6.07, 6.45) is 64.2. The van der Waals surface area contributed by atoms with E-state index < -0.39 is 18.2 Å². The fourth-order valence-corrected chi connectivity index (χ4v) is 8.11. The predicted octanol–water partition coefficient (Wildman–Crippen LogP) is 16.8. The van der Waals surface area contributed by atoms with E-state index in [-0.39, 0.29) is 24.9 Å². The van der Waals surface area contributed by atoms with Crippen molar-refractivity contribution in [3.05, 3.63) is 60.8 Å². The van der Waals surface area contributed by atoms with E-state index in [1.807, 2.05) is 0 Å². The molecular formula is C58H105NO5. The lowest BCUT2D eigenvalue weighted by atomic mass is 10.0. The van der Waals surface area contributed by atoms with Crippen LogP contribution < -0.4 is 5.32 Å². The molecular weight excluding hydrogens is 791 g/mol. The molecule has 6 heteroatoms. The van der Waals surface area contributed by atoms with Gasteiger partial charge in [-0.2, -0.15) is 0 Å². The van der Waals surface area contributed by atoms with Gasteiger partial charge >= 0.3 is 5.97 Å². The maximum absolute atomic E-state index is 13.2. The van der Waals surface area contributed by atoms with Crippen LogP contribution in [-0.2, 0) is 14.3 Å². The zero-order chi connectivity index (χ0) is 46.7. The summed E-state index contributed by atoms with van der Waals surface area (Å²) < 4.78 is 5.94. The summed E-state index contributed by atoms with van der Waals surface area (Å²) in [6.45, 7) is 6.43. The number of ether oxygens (including phenoxy) is 1. The Morgan fingerprint density at radius 1 is 0.453 bits per heavy atom. The first-order chi connectivity index (χ1) is 31.5. The van der Waals surface area contributed by atoms with E-state index in [1.165, 1.54) is 128 Å². The van der Waals surface area contributed by atoms with Gasteiger partial charge in [0, 0.05) is 6.42 Å². The lowest BCUT2D eigenvalue weighted by molar-refractivity contribution is -0.151. The van der Waals surface area contributed by atoms with Crippen LogP contribution in [0.25, 0.3) is 0 Å². The molecule has 0 radical (unpaired) electrons. The van der Waals surface area contributed by atoms with Crippen molar-refractivity contribution in [2.45, 2.75) is 289 Å². The molecule has 64 heavy (non-hydrogen) atoms. The van der Waals surface area contributed by atoms with Crippen LogP contribution in [0.1, 0.15) is 271 Å². The Labute approximate surface area is 397 Å². The van der Waals surface area contributed by atoms with Crippen LogP contribution in [0.5, 0.6) is 0 Å². The monoisotopic (exact) mass is 896 g/mol. The van der Waals surface area contributed by atoms with E-state index in [0.717, 1.165) is 96.3 Å². The first-order valence-electron chi connectivity index (χ1n) is 27.5. The SMILES string of the molecule is CCCCC/C=C\C/C=C\C/C=C\CCCCCCC(=O)OC(CCCCCCCCC/C=C\C/C=C\CCCCC)CC(=O)NC(CO)C(O)CCCCCCCCCCCCC. The smallest absolute Gasteiger partial charge is 0.306 e. The van der Waals surface area contributed by atoms with Crippen LogP contribution in [0.4, 0.5) is 0 Å². The number of aliphatic hydroxyl groups is 2. The normalized spacial score (nSPS) is 13.6. The second kappa shape index (κ2) is 51.5. The fraction of sp³-hybridized carbons (Fsp3) is 0.793. The first kappa shape index (κ1) is 61.6. The molecule has 1 amide bonds. The van der Waals surface area contributed by atoms with Gasteiger partial charge in [0.1, 0.15) is 6.10 Å². The van der Waals surface area contributed by atoms with Crippen molar-refractivity contribution in [1.29, 1.82) is 0 Å². The summed E-state index contributed by atoms with van der Waals surface area (Å²) in [6, 6.07) is -0.710. The topological polar surface area (TPSA) is 95.9 Å². The number of carbonyl (C=O) groups is 2. The van der Waals surface area contributed by atoms with E-state index in [2.05, 4.69) is 86.8 Å². The first-order valence-corrected chi connectivity index (χ1v) is 27.5. The van der Waals surface area contributed by atoms with Crippen LogP contribution in [0.3, 0.4) is 0 Å². The maximum Gasteiger partial charge on any atom is 0.306 e. The molecule has 0 bridgehead atoms. The third-order valence-corrected chi connectivity index (χ3v) is 12.3. The van der Waals surface area contributed by atoms with Crippen molar-refractivity contribution < 1.29 is 24.5 Å². The minimum Gasteiger partial charge on any atom is -0.462 e. The molecule has 3 N–H and O–H groups in total. The molecule has 3 unspecified atom stereocenters. The van der Waals surface area contributed by atoms with Gasteiger partial charge in [-0.25, -0.2) is 0 Å². The van der Waals surface area contributed by atoms with Gasteiger partial charge in [-0.3, -0.25) is 9.59 Å². The molecule has 0 saturated carbocycles. The molecule has 6 nitrogen and oxygen atoms in total. The highest BCUT2D eigenvalue weighted by atomic mass is 16.5. The molecule has 0 fully saturated rings. The number of hydrogen-bond acceptors (Lipinski definition) is 5. The minimum absolute atomic E-state index is 0.0623. The number of rotatable bonds is 49. The van der Waals surface area contributed by atoms with Gasteiger partial charge in [-0.15, -0.1) is 0 Å². The van der Waals surface area contributed by atoms with Gasteiger partial charge < -0.3 is 20.3 Å². The summed E-state index contributed by atoms with van der Waals surface area (Å²) >= 11 is 0. The molecule has 0 rings (SSSR count).